The highest BCUT2D eigenvalue weighted by Gasteiger charge is 2.28. The number of rotatable bonds is 32. The van der Waals surface area contributed by atoms with Crippen molar-refractivity contribution in [3.8, 4) is 0 Å². The lowest BCUT2D eigenvalue weighted by atomic mass is 10.0. The van der Waals surface area contributed by atoms with Gasteiger partial charge in [0.25, 0.3) is 0 Å². The van der Waals surface area contributed by atoms with Gasteiger partial charge in [-0.2, -0.15) is 0 Å². The predicted octanol–water partition coefficient (Wildman–Crippen LogP) is 9.18. The minimum absolute atomic E-state index is 0.0688. The van der Waals surface area contributed by atoms with Crippen molar-refractivity contribution in [2.75, 3.05) is 40.9 Å². The van der Waals surface area contributed by atoms with E-state index >= 15 is 0 Å². The molecule has 0 spiro atoms. The van der Waals surface area contributed by atoms with E-state index in [1.807, 2.05) is 21.1 Å². The lowest BCUT2D eigenvalue weighted by Crippen LogP contribution is -2.46. The number of hydrogen-bond acceptors (Lipinski definition) is 5. The number of nitrogens with one attached hydrogen (secondary N) is 1. The lowest BCUT2D eigenvalue weighted by Gasteiger charge is -2.26. The number of likely N-dealkylation sites (N-methyl/N-ethyl adjacent to an activating group) is 1. The smallest absolute Gasteiger partial charge is 0.391 e. The second kappa shape index (κ2) is 29.8. The van der Waals surface area contributed by atoms with Crippen molar-refractivity contribution >= 4 is 13.7 Å². The highest BCUT2D eigenvalue weighted by atomic mass is 31.2. The highest BCUT2D eigenvalue weighted by Crippen LogP contribution is 2.43. The van der Waals surface area contributed by atoms with Gasteiger partial charge in [-0.1, -0.05) is 121 Å². The number of phosphoric ester groups is 1. The maximum Gasteiger partial charge on any atom is 0.472 e. The summed E-state index contributed by atoms with van der Waals surface area (Å²) in [7, 11) is 1.59. The molecule has 0 rings (SSSR count). The molecule has 8 nitrogen and oxygen atoms in total. The second-order valence-electron chi connectivity index (χ2n) is 13.6. The van der Waals surface area contributed by atoms with Crippen LogP contribution in [0.15, 0.2) is 36.5 Å². The van der Waals surface area contributed by atoms with Crippen LogP contribution in [0.1, 0.15) is 142 Å². The first-order valence-corrected chi connectivity index (χ1v) is 19.8. The number of allylic oxidation sites excluding steroid dienone is 6. The van der Waals surface area contributed by atoms with E-state index in [4.69, 9.17) is 9.05 Å². The summed E-state index contributed by atoms with van der Waals surface area (Å²) in [5.74, 6) is -0.171. The first kappa shape index (κ1) is 44.7. The molecule has 3 unspecified atom stereocenters. The summed E-state index contributed by atoms with van der Waals surface area (Å²) in [6.07, 6.45) is 33.9. The maximum atomic E-state index is 12.6. The molecule has 0 aliphatic heterocycles. The molecule has 9 heteroatoms. The van der Waals surface area contributed by atoms with Crippen molar-refractivity contribution in [3.05, 3.63) is 36.5 Å². The van der Waals surface area contributed by atoms with E-state index in [-0.39, 0.29) is 19.1 Å². The topological polar surface area (TPSA) is 105 Å². The predicted molar refractivity (Wildman–Crippen MR) is 194 cm³/mol. The summed E-state index contributed by atoms with van der Waals surface area (Å²) in [6, 6.07) is -0.762. The molecule has 3 N–H and O–H groups in total. The Morgan fingerprint density at radius 3 is 1.80 bits per heavy atom. The Kier molecular flexibility index (Phi) is 29.0. The van der Waals surface area contributed by atoms with Crippen LogP contribution in [0.2, 0.25) is 0 Å². The van der Waals surface area contributed by atoms with Crippen molar-refractivity contribution in [3.63, 3.8) is 0 Å². The molecule has 46 heavy (non-hydrogen) atoms. The molecule has 0 aliphatic carbocycles. The third kappa shape index (κ3) is 31.3. The van der Waals surface area contributed by atoms with Crippen LogP contribution < -0.4 is 5.32 Å². The van der Waals surface area contributed by atoms with Gasteiger partial charge in [0.15, 0.2) is 0 Å². The summed E-state index contributed by atoms with van der Waals surface area (Å²) < 4.78 is 23.2. The largest absolute Gasteiger partial charge is 0.472 e. The summed E-state index contributed by atoms with van der Waals surface area (Å²) in [4.78, 5) is 22.7. The molecule has 0 heterocycles. The number of carbonyl (C=O) groups excluding carboxylic acids is 1. The van der Waals surface area contributed by atoms with Crippen LogP contribution >= 0.6 is 7.82 Å². The van der Waals surface area contributed by atoms with Gasteiger partial charge in [0.2, 0.25) is 5.91 Å². The number of phosphoric acid groups is 1. The van der Waals surface area contributed by atoms with Crippen LogP contribution in [-0.4, -0.2) is 73.4 Å². The van der Waals surface area contributed by atoms with Crippen LogP contribution in [0.4, 0.5) is 0 Å². The van der Waals surface area contributed by atoms with Crippen molar-refractivity contribution in [1.29, 1.82) is 0 Å². The molecular weight excluding hydrogens is 599 g/mol. The van der Waals surface area contributed by atoms with Gasteiger partial charge in [0.1, 0.15) is 13.2 Å². The molecule has 0 saturated carbocycles. The standard InChI is InChI=1S/C37H71N2O6P/c1-6-8-10-11-12-13-14-15-16-17-18-19-20-21-22-23-24-25-26-27-29-31-37(41)38-35(36(40)30-28-9-7-2)34-45-46(42,43)44-33-32-39(3,4)5/h14-15,17-18,20-21,35-36,40H,6-13,16,19,22-34H2,1-5H3,(H-,38,41,42,43)/p+1/b15-14-,18-17-,21-20-. The summed E-state index contributed by atoms with van der Waals surface area (Å²) in [5.41, 5.74) is 0. The zero-order valence-corrected chi connectivity index (χ0v) is 31.2. The number of aliphatic hydroxyl groups excluding tert-OH is 1. The zero-order valence-electron chi connectivity index (χ0n) is 30.3. The Balaban J connectivity index is 4.11. The Bertz CT molecular complexity index is 855. The number of nitrogens with zero attached hydrogens (tertiary/aromatic N) is 1. The molecule has 3 atom stereocenters. The number of unbranched alkanes of at least 4 members (excludes halogenated alkanes) is 13. The molecule has 0 radical (unpaired) electrons. The molecular formula is C37H72N2O6P+. The Labute approximate surface area is 283 Å². The summed E-state index contributed by atoms with van der Waals surface area (Å²) in [5, 5.41) is 13.5. The van der Waals surface area contributed by atoms with Gasteiger partial charge in [0, 0.05) is 6.42 Å². The van der Waals surface area contributed by atoms with Gasteiger partial charge in [-0.3, -0.25) is 13.8 Å². The maximum absolute atomic E-state index is 12.6. The van der Waals surface area contributed by atoms with E-state index in [1.165, 1.54) is 51.4 Å². The molecule has 0 aromatic carbocycles. The van der Waals surface area contributed by atoms with Crippen molar-refractivity contribution < 1.29 is 32.9 Å². The Hall–Kier alpha value is -1.28. The molecule has 0 aromatic heterocycles. The number of quaternary nitrogens is 1. The van der Waals surface area contributed by atoms with Gasteiger partial charge in [-0.25, -0.2) is 4.57 Å². The van der Waals surface area contributed by atoms with Gasteiger partial charge in [0.05, 0.1) is 39.9 Å². The zero-order chi connectivity index (χ0) is 34.4. The van der Waals surface area contributed by atoms with E-state index in [0.717, 1.165) is 64.2 Å². The van der Waals surface area contributed by atoms with Crippen LogP contribution in [0, 0.1) is 0 Å². The SMILES string of the molecule is CCCCCCC/C=C\C/C=C\C/C=C\CCCCCCCCC(=O)NC(COP(=O)(O)OCC[N+](C)(C)C)C(O)CCCCC. The third-order valence-electron chi connectivity index (χ3n) is 7.89. The van der Waals surface area contributed by atoms with E-state index in [2.05, 4.69) is 55.6 Å². The van der Waals surface area contributed by atoms with Gasteiger partial charge >= 0.3 is 7.82 Å². The lowest BCUT2D eigenvalue weighted by molar-refractivity contribution is -0.870. The Morgan fingerprint density at radius 1 is 0.739 bits per heavy atom. The number of carbonyl (C=O) groups is 1. The van der Waals surface area contributed by atoms with Gasteiger partial charge in [-0.15, -0.1) is 0 Å². The number of hydrogen-bond donors (Lipinski definition) is 3. The molecule has 0 saturated heterocycles. The molecule has 0 fully saturated rings. The molecule has 1 amide bonds. The average molecular weight is 672 g/mol. The summed E-state index contributed by atoms with van der Waals surface area (Å²) >= 11 is 0. The fourth-order valence-electron chi connectivity index (χ4n) is 4.87. The van der Waals surface area contributed by atoms with Crippen molar-refractivity contribution in [1.82, 2.24) is 5.32 Å². The minimum Gasteiger partial charge on any atom is -0.391 e. The van der Waals surface area contributed by atoms with E-state index in [1.54, 1.807) is 0 Å². The normalized spacial score (nSPS) is 15.2. The quantitative estimate of drug-likeness (QED) is 0.0285. The first-order valence-electron chi connectivity index (χ1n) is 18.4. The first-order chi connectivity index (χ1) is 22.0. The van der Waals surface area contributed by atoms with E-state index < -0.39 is 20.0 Å². The fraction of sp³-hybridized carbons (Fsp3) is 0.811. The number of aliphatic hydroxyl groups is 1. The van der Waals surface area contributed by atoms with Crippen molar-refractivity contribution in [2.24, 2.45) is 0 Å². The average Bonchev–Trinajstić information content (AvgIpc) is 2.99. The van der Waals surface area contributed by atoms with Crippen molar-refractivity contribution in [2.45, 2.75) is 154 Å². The van der Waals surface area contributed by atoms with E-state index in [0.29, 0.717) is 23.9 Å². The second-order valence-corrected chi connectivity index (χ2v) is 15.1. The fourth-order valence-corrected chi connectivity index (χ4v) is 5.61. The molecule has 0 aromatic rings. The van der Waals surface area contributed by atoms with E-state index in [9.17, 15) is 19.4 Å². The third-order valence-corrected chi connectivity index (χ3v) is 8.88. The van der Waals surface area contributed by atoms with Crippen LogP contribution in [-0.2, 0) is 18.4 Å². The monoisotopic (exact) mass is 672 g/mol. The molecule has 270 valence electrons. The van der Waals surface area contributed by atoms with Crippen LogP contribution in [0.3, 0.4) is 0 Å². The van der Waals surface area contributed by atoms with Gasteiger partial charge < -0.3 is 19.8 Å². The Morgan fingerprint density at radius 2 is 1.24 bits per heavy atom. The highest BCUT2D eigenvalue weighted by molar-refractivity contribution is 7.47. The van der Waals surface area contributed by atoms with Gasteiger partial charge in [-0.05, 0) is 51.4 Å². The molecule has 0 bridgehead atoms. The van der Waals surface area contributed by atoms with Crippen LogP contribution in [0.25, 0.3) is 0 Å². The minimum atomic E-state index is -4.29. The summed E-state index contributed by atoms with van der Waals surface area (Å²) in [6.45, 7) is 4.67. The molecule has 0 aliphatic rings. The number of amides is 1. The van der Waals surface area contributed by atoms with Crippen LogP contribution in [0.5, 0.6) is 0 Å².